The summed E-state index contributed by atoms with van der Waals surface area (Å²) in [5, 5.41) is 11.0. The number of para-hydroxylation sites is 1. The summed E-state index contributed by atoms with van der Waals surface area (Å²) in [6.45, 7) is 0.669. The second-order valence-corrected chi connectivity index (χ2v) is 5.79. The molecule has 0 bridgehead atoms. The fraction of sp³-hybridized carbons (Fsp3) is 0.600. The maximum Gasteiger partial charge on any atom is 0.123 e. The highest BCUT2D eigenvalue weighted by Crippen LogP contribution is 2.65. The van der Waals surface area contributed by atoms with Crippen LogP contribution in [0.1, 0.15) is 37.2 Å². The maximum absolute atomic E-state index is 11.0. The van der Waals surface area contributed by atoms with Crippen molar-refractivity contribution in [3.63, 3.8) is 0 Å². The molecule has 0 spiro atoms. The highest BCUT2D eigenvalue weighted by Gasteiger charge is 2.68. The third kappa shape index (κ3) is 1.19. The van der Waals surface area contributed by atoms with Gasteiger partial charge in [0.15, 0.2) is 0 Å². The lowest BCUT2D eigenvalue weighted by molar-refractivity contribution is 0.0770. The van der Waals surface area contributed by atoms with E-state index in [0.717, 1.165) is 5.75 Å². The lowest BCUT2D eigenvalue weighted by atomic mass is 9.90. The zero-order chi connectivity index (χ0) is 11.5. The van der Waals surface area contributed by atoms with Gasteiger partial charge in [-0.2, -0.15) is 0 Å². The van der Waals surface area contributed by atoms with Crippen molar-refractivity contribution in [2.75, 3.05) is 6.61 Å². The van der Waals surface area contributed by atoms with Gasteiger partial charge in [-0.15, -0.1) is 0 Å². The molecule has 0 radical (unpaired) electrons. The third-order valence-corrected chi connectivity index (χ3v) is 5.10. The Bertz CT molecular complexity index is 442. The van der Waals surface area contributed by atoms with Gasteiger partial charge in [0.25, 0.3) is 0 Å². The van der Waals surface area contributed by atoms with E-state index in [1.165, 1.54) is 31.2 Å². The van der Waals surface area contributed by atoms with Gasteiger partial charge in [0.05, 0.1) is 18.1 Å². The van der Waals surface area contributed by atoms with E-state index in [-0.39, 0.29) is 5.92 Å². The summed E-state index contributed by atoms with van der Waals surface area (Å²) in [5.41, 5.74) is 0.771. The molecule has 1 aromatic rings. The molecule has 1 heterocycles. The van der Waals surface area contributed by atoms with E-state index in [1.54, 1.807) is 0 Å². The summed E-state index contributed by atoms with van der Waals surface area (Å²) in [7, 11) is 0. The molecule has 0 saturated heterocycles. The van der Waals surface area contributed by atoms with Crippen molar-refractivity contribution < 1.29 is 9.84 Å². The van der Waals surface area contributed by atoms with Gasteiger partial charge in [-0.05, 0) is 30.7 Å². The summed E-state index contributed by atoms with van der Waals surface area (Å²) >= 11 is 0. The summed E-state index contributed by atoms with van der Waals surface area (Å²) in [6, 6.07) is 8.20. The van der Waals surface area contributed by atoms with Gasteiger partial charge in [-0.3, -0.25) is 0 Å². The van der Waals surface area contributed by atoms with Crippen molar-refractivity contribution in [2.45, 2.75) is 37.2 Å². The first-order valence-corrected chi connectivity index (χ1v) is 6.76. The molecular weight excluding hydrogens is 212 g/mol. The molecule has 3 aliphatic rings. The molecular formula is C15H18O2. The summed E-state index contributed by atoms with van der Waals surface area (Å²) < 4.78 is 5.72. The highest BCUT2D eigenvalue weighted by atomic mass is 16.5. The largest absolute Gasteiger partial charge is 0.493 e. The van der Waals surface area contributed by atoms with Crippen LogP contribution in [0.5, 0.6) is 5.75 Å². The van der Waals surface area contributed by atoms with Gasteiger partial charge >= 0.3 is 0 Å². The van der Waals surface area contributed by atoms with Gasteiger partial charge in [0.2, 0.25) is 0 Å². The van der Waals surface area contributed by atoms with Crippen LogP contribution in [0.25, 0.3) is 0 Å². The molecule has 4 rings (SSSR count). The number of hydrogen-bond donors (Lipinski definition) is 1. The molecule has 17 heavy (non-hydrogen) atoms. The molecule has 2 fully saturated rings. The second kappa shape index (κ2) is 3.26. The molecule has 3 atom stereocenters. The molecule has 0 aromatic heterocycles. The van der Waals surface area contributed by atoms with Gasteiger partial charge in [-0.1, -0.05) is 31.0 Å². The Kier molecular flexibility index (Phi) is 1.91. The van der Waals surface area contributed by atoms with Crippen LogP contribution in [-0.4, -0.2) is 17.3 Å². The number of ether oxygens (including phenoxy) is 1. The first-order valence-electron chi connectivity index (χ1n) is 6.76. The Morgan fingerprint density at radius 2 is 1.82 bits per heavy atom. The maximum atomic E-state index is 11.0. The van der Waals surface area contributed by atoms with E-state index in [0.29, 0.717) is 18.4 Å². The molecule has 2 aliphatic carbocycles. The van der Waals surface area contributed by atoms with Crippen LogP contribution < -0.4 is 4.74 Å². The van der Waals surface area contributed by atoms with Crippen LogP contribution in [0.15, 0.2) is 24.3 Å². The predicted molar refractivity (Wildman–Crippen MR) is 65.1 cm³/mol. The van der Waals surface area contributed by atoms with Crippen molar-refractivity contribution in [2.24, 2.45) is 11.8 Å². The van der Waals surface area contributed by atoms with E-state index >= 15 is 0 Å². The average Bonchev–Trinajstić information content (AvgIpc) is 2.80. The molecule has 2 saturated carbocycles. The zero-order valence-corrected chi connectivity index (χ0v) is 9.93. The fourth-order valence-corrected chi connectivity index (χ4v) is 4.20. The minimum Gasteiger partial charge on any atom is -0.493 e. The standard InChI is InChI=1S/C15H18O2/c16-15(11-6-2-3-7-12(11)15)13-9-17-14-8-4-1-5-10(13)14/h1,4-5,8,11-13,16H,2-3,6-7,9H2. The topological polar surface area (TPSA) is 29.5 Å². The first kappa shape index (κ1) is 9.95. The molecule has 90 valence electrons. The summed E-state index contributed by atoms with van der Waals surface area (Å²) in [5.74, 6) is 2.27. The molecule has 1 N–H and O–H groups in total. The number of aliphatic hydroxyl groups is 1. The van der Waals surface area contributed by atoms with Crippen molar-refractivity contribution in [3.05, 3.63) is 29.8 Å². The van der Waals surface area contributed by atoms with Crippen LogP contribution in [0.3, 0.4) is 0 Å². The molecule has 3 unspecified atom stereocenters. The van der Waals surface area contributed by atoms with Gasteiger partial charge < -0.3 is 9.84 Å². The summed E-state index contributed by atoms with van der Waals surface area (Å²) in [4.78, 5) is 0. The second-order valence-electron chi connectivity index (χ2n) is 5.79. The number of fused-ring (bicyclic) bond motifs is 2. The lowest BCUT2D eigenvalue weighted by Crippen LogP contribution is -2.25. The Morgan fingerprint density at radius 1 is 1.12 bits per heavy atom. The average molecular weight is 230 g/mol. The van der Waals surface area contributed by atoms with Gasteiger partial charge in [0, 0.05) is 5.56 Å². The number of rotatable bonds is 1. The van der Waals surface area contributed by atoms with Crippen molar-refractivity contribution in [1.82, 2.24) is 0 Å². The van der Waals surface area contributed by atoms with Crippen LogP contribution >= 0.6 is 0 Å². The van der Waals surface area contributed by atoms with Gasteiger partial charge in [0.1, 0.15) is 5.75 Å². The highest BCUT2D eigenvalue weighted by molar-refractivity contribution is 5.44. The van der Waals surface area contributed by atoms with E-state index in [9.17, 15) is 5.11 Å². The van der Waals surface area contributed by atoms with E-state index in [1.807, 2.05) is 12.1 Å². The zero-order valence-electron chi connectivity index (χ0n) is 9.93. The first-order chi connectivity index (χ1) is 8.32. The molecule has 2 heteroatoms. The number of benzene rings is 1. The van der Waals surface area contributed by atoms with E-state index in [4.69, 9.17) is 4.74 Å². The smallest absolute Gasteiger partial charge is 0.123 e. The molecule has 2 nitrogen and oxygen atoms in total. The van der Waals surface area contributed by atoms with Crippen molar-refractivity contribution >= 4 is 0 Å². The van der Waals surface area contributed by atoms with Crippen molar-refractivity contribution in [1.29, 1.82) is 0 Å². The molecule has 1 aromatic carbocycles. The van der Waals surface area contributed by atoms with Crippen LogP contribution in [0.2, 0.25) is 0 Å². The SMILES string of the molecule is OC1(C2COc3ccccc32)C2CCCCC21. The lowest BCUT2D eigenvalue weighted by Gasteiger charge is -2.18. The Labute approximate surface area is 102 Å². The Balaban J connectivity index is 1.69. The van der Waals surface area contributed by atoms with Crippen LogP contribution in [0.4, 0.5) is 0 Å². The Hall–Kier alpha value is -1.02. The van der Waals surface area contributed by atoms with E-state index in [2.05, 4.69) is 12.1 Å². The minimum absolute atomic E-state index is 0.215. The van der Waals surface area contributed by atoms with Gasteiger partial charge in [-0.25, -0.2) is 0 Å². The predicted octanol–water partition coefficient (Wildman–Crippen LogP) is 2.71. The normalized spacial score (nSPS) is 42.5. The van der Waals surface area contributed by atoms with Crippen molar-refractivity contribution in [3.8, 4) is 5.75 Å². The third-order valence-electron chi connectivity index (χ3n) is 5.10. The molecule has 0 amide bonds. The van der Waals surface area contributed by atoms with E-state index < -0.39 is 5.60 Å². The monoisotopic (exact) mass is 230 g/mol. The molecule has 1 aliphatic heterocycles. The number of hydrogen-bond acceptors (Lipinski definition) is 2. The summed E-state index contributed by atoms with van der Waals surface area (Å²) in [6.07, 6.45) is 5.00. The minimum atomic E-state index is -0.455. The quantitative estimate of drug-likeness (QED) is 0.803. The fourth-order valence-electron chi connectivity index (χ4n) is 4.20. The van der Waals surface area contributed by atoms with Crippen LogP contribution in [0, 0.1) is 11.8 Å². The van der Waals surface area contributed by atoms with Crippen LogP contribution in [-0.2, 0) is 0 Å². The Morgan fingerprint density at radius 3 is 2.59 bits per heavy atom.